The molecule has 0 N–H and O–H groups in total. The van der Waals surface area contributed by atoms with E-state index in [0.717, 1.165) is 45.1 Å². The largest absolute Gasteiger partial charge is 0.503 e. The van der Waals surface area contributed by atoms with Gasteiger partial charge in [0.15, 0.2) is 0 Å². The molecule has 1 heterocycles. The molecule has 24 heavy (non-hydrogen) atoms. The average Bonchev–Trinajstić information content (AvgIpc) is 3.37. The van der Waals surface area contributed by atoms with E-state index in [1.165, 1.54) is 0 Å². The molecule has 144 valence electrons. The summed E-state index contributed by atoms with van der Waals surface area (Å²) >= 11 is 0. The molecule has 0 aromatic heterocycles. The predicted molar refractivity (Wildman–Crippen MR) is 98.3 cm³/mol. The van der Waals surface area contributed by atoms with Crippen molar-refractivity contribution in [1.29, 1.82) is 0 Å². The fourth-order valence-corrected chi connectivity index (χ4v) is 5.98. The highest BCUT2D eigenvalue weighted by Gasteiger charge is 2.48. The fourth-order valence-electron chi connectivity index (χ4n) is 3.45. The Labute approximate surface area is 149 Å². The normalized spacial score (nSPS) is 19.5. The SMILES string of the molecule is CCCC(CCC)(CCC)O[Si](CC(C)OCC1CO1)(OC)OC. The van der Waals surface area contributed by atoms with Crippen LogP contribution >= 0.6 is 0 Å². The summed E-state index contributed by atoms with van der Waals surface area (Å²) in [4.78, 5) is 0. The van der Waals surface area contributed by atoms with Crippen molar-refractivity contribution >= 4 is 8.80 Å². The van der Waals surface area contributed by atoms with Crippen molar-refractivity contribution in [2.24, 2.45) is 0 Å². The van der Waals surface area contributed by atoms with Gasteiger partial charge in [0, 0.05) is 20.3 Å². The van der Waals surface area contributed by atoms with Gasteiger partial charge in [-0.3, -0.25) is 0 Å². The van der Waals surface area contributed by atoms with Crippen LogP contribution in [0.25, 0.3) is 0 Å². The van der Waals surface area contributed by atoms with Gasteiger partial charge in [0.25, 0.3) is 0 Å². The summed E-state index contributed by atoms with van der Waals surface area (Å²) in [5, 5.41) is 0. The summed E-state index contributed by atoms with van der Waals surface area (Å²) in [6.45, 7) is 10.2. The number of epoxide rings is 1. The Bertz CT molecular complexity index is 314. The molecule has 0 aromatic rings. The third-order valence-corrected chi connectivity index (χ3v) is 7.68. The topological polar surface area (TPSA) is 49.5 Å². The Morgan fingerprint density at radius 3 is 1.92 bits per heavy atom. The number of ether oxygens (including phenoxy) is 2. The van der Waals surface area contributed by atoms with E-state index in [1.54, 1.807) is 14.2 Å². The van der Waals surface area contributed by atoms with Crippen molar-refractivity contribution in [3.63, 3.8) is 0 Å². The van der Waals surface area contributed by atoms with E-state index in [0.29, 0.717) is 12.7 Å². The van der Waals surface area contributed by atoms with Gasteiger partial charge in [0.1, 0.15) is 6.10 Å². The van der Waals surface area contributed by atoms with E-state index in [4.69, 9.17) is 22.8 Å². The lowest BCUT2D eigenvalue weighted by Crippen LogP contribution is -2.53. The first-order chi connectivity index (χ1) is 11.5. The molecule has 0 spiro atoms. The van der Waals surface area contributed by atoms with Gasteiger partial charge in [0.05, 0.1) is 24.9 Å². The van der Waals surface area contributed by atoms with Crippen LogP contribution in [0.5, 0.6) is 0 Å². The van der Waals surface area contributed by atoms with Crippen molar-refractivity contribution in [3.05, 3.63) is 0 Å². The zero-order valence-corrected chi connectivity index (χ0v) is 17.6. The second kappa shape index (κ2) is 10.9. The zero-order valence-electron chi connectivity index (χ0n) is 16.6. The smallest absolute Gasteiger partial charge is 0.377 e. The Hall–Kier alpha value is 0.0169. The van der Waals surface area contributed by atoms with E-state index < -0.39 is 8.80 Å². The van der Waals surface area contributed by atoms with Gasteiger partial charge in [-0.05, 0) is 26.2 Å². The minimum atomic E-state index is -2.77. The molecule has 0 aromatic carbocycles. The summed E-state index contributed by atoms with van der Waals surface area (Å²) in [6.07, 6.45) is 6.73. The van der Waals surface area contributed by atoms with Crippen LogP contribution in [0.4, 0.5) is 0 Å². The first kappa shape index (κ1) is 22.1. The molecule has 0 bridgehead atoms. The number of rotatable bonds is 15. The zero-order chi connectivity index (χ0) is 18.1. The van der Waals surface area contributed by atoms with Gasteiger partial charge in [-0.15, -0.1) is 0 Å². The van der Waals surface area contributed by atoms with Gasteiger partial charge >= 0.3 is 8.80 Å². The fraction of sp³-hybridized carbons (Fsp3) is 1.00. The van der Waals surface area contributed by atoms with Crippen LogP contribution < -0.4 is 0 Å². The summed E-state index contributed by atoms with van der Waals surface area (Å²) in [6, 6.07) is 0.672. The highest BCUT2D eigenvalue weighted by Crippen LogP contribution is 2.35. The third-order valence-electron chi connectivity index (χ3n) is 4.62. The van der Waals surface area contributed by atoms with Crippen LogP contribution in [0.15, 0.2) is 0 Å². The molecule has 1 aliphatic heterocycles. The van der Waals surface area contributed by atoms with E-state index in [1.807, 2.05) is 0 Å². The molecular weight excluding hydrogens is 324 g/mol. The number of hydrogen-bond acceptors (Lipinski definition) is 5. The summed E-state index contributed by atoms with van der Waals surface area (Å²) < 4.78 is 29.5. The molecule has 2 atom stereocenters. The molecule has 5 nitrogen and oxygen atoms in total. The monoisotopic (exact) mass is 362 g/mol. The Morgan fingerprint density at radius 2 is 1.54 bits per heavy atom. The van der Waals surface area contributed by atoms with E-state index in [9.17, 15) is 0 Å². The maximum atomic E-state index is 6.72. The van der Waals surface area contributed by atoms with Crippen LogP contribution in [0.2, 0.25) is 6.04 Å². The van der Waals surface area contributed by atoms with Gasteiger partial charge in [-0.25, -0.2) is 0 Å². The minimum Gasteiger partial charge on any atom is -0.377 e. The van der Waals surface area contributed by atoms with Crippen LogP contribution in [0.1, 0.15) is 66.2 Å². The van der Waals surface area contributed by atoms with Crippen LogP contribution in [-0.2, 0) is 22.8 Å². The maximum absolute atomic E-state index is 6.72. The van der Waals surface area contributed by atoms with E-state index >= 15 is 0 Å². The summed E-state index contributed by atoms with van der Waals surface area (Å²) in [5.41, 5.74) is -0.143. The molecule has 1 fully saturated rings. The molecule has 6 heteroatoms. The molecule has 0 amide bonds. The van der Waals surface area contributed by atoms with Gasteiger partial charge in [-0.2, -0.15) is 0 Å². The predicted octanol–water partition coefficient (Wildman–Crippen LogP) is 4.18. The van der Waals surface area contributed by atoms with Gasteiger partial charge < -0.3 is 22.8 Å². The van der Waals surface area contributed by atoms with Gasteiger partial charge in [0.2, 0.25) is 0 Å². The second-order valence-corrected chi connectivity index (χ2v) is 9.72. The lowest BCUT2D eigenvalue weighted by molar-refractivity contribution is -0.0436. The maximum Gasteiger partial charge on any atom is 0.503 e. The lowest BCUT2D eigenvalue weighted by atomic mass is 9.88. The molecular formula is C18H38O5Si. The highest BCUT2D eigenvalue weighted by molar-refractivity contribution is 6.60. The molecule has 0 radical (unpaired) electrons. The quantitative estimate of drug-likeness (QED) is 0.323. The molecule has 0 aliphatic carbocycles. The van der Waals surface area contributed by atoms with Crippen LogP contribution in [0, 0.1) is 0 Å². The Morgan fingerprint density at radius 1 is 1.04 bits per heavy atom. The first-order valence-corrected chi connectivity index (χ1v) is 11.5. The lowest BCUT2D eigenvalue weighted by Gasteiger charge is -2.41. The second-order valence-electron chi connectivity index (χ2n) is 6.93. The van der Waals surface area contributed by atoms with E-state index in [-0.39, 0.29) is 17.8 Å². The molecule has 1 rings (SSSR count). The molecule has 1 aliphatic rings. The molecule has 0 saturated carbocycles. The van der Waals surface area contributed by atoms with Crippen LogP contribution in [-0.4, -0.2) is 54.0 Å². The Kier molecular flexibility index (Phi) is 10.0. The van der Waals surface area contributed by atoms with Gasteiger partial charge in [-0.1, -0.05) is 40.0 Å². The average molecular weight is 363 g/mol. The summed E-state index contributed by atoms with van der Waals surface area (Å²) in [7, 11) is 0.648. The van der Waals surface area contributed by atoms with Crippen molar-refractivity contribution in [1.82, 2.24) is 0 Å². The van der Waals surface area contributed by atoms with Crippen molar-refractivity contribution in [3.8, 4) is 0 Å². The van der Waals surface area contributed by atoms with E-state index in [2.05, 4.69) is 27.7 Å². The highest BCUT2D eigenvalue weighted by atomic mass is 28.4. The molecule has 1 saturated heterocycles. The number of hydrogen-bond donors (Lipinski definition) is 0. The standard InChI is InChI=1S/C18H38O5Si/c1-7-10-18(11-8-2,12-9-3)23-24(19-5,20-6)15-16(4)21-13-17-14-22-17/h16-17H,7-15H2,1-6H3. The third kappa shape index (κ3) is 7.10. The first-order valence-electron chi connectivity index (χ1n) is 9.52. The molecule has 2 unspecified atom stereocenters. The summed E-state index contributed by atoms with van der Waals surface area (Å²) in [5.74, 6) is 0. The van der Waals surface area contributed by atoms with Crippen molar-refractivity contribution in [2.45, 2.75) is 90.1 Å². The Balaban J connectivity index is 2.79. The van der Waals surface area contributed by atoms with Crippen LogP contribution in [0.3, 0.4) is 0 Å². The van der Waals surface area contributed by atoms with Crippen molar-refractivity contribution in [2.75, 3.05) is 27.4 Å². The van der Waals surface area contributed by atoms with Crippen molar-refractivity contribution < 1.29 is 22.8 Å². The minimum absolute atomic E-state index is 0.0309.